The van der Waals surface area contributed by atoms with Crippen molar-refractivity contribution in [3.8, 4) is 0 Å². The van der Waals surface area contributed by atoms with Crippen LogP contribution in [0.4, 0.5) is 4.39 Å². The van der Waals surface area contributed by atoms with E-state index in [4.69, 9.17) is 0 Å². The van der Waals surface area contributed by atoms with Crippen molar-refractivity contribution in [2.24, 2.45) is 5.10 Å². The maximum Gasteiger partial charge on any atom is 0.246 e. The van der Waals surface area contributed by atoms with Gasteiger partial charge in [-0.1, -0.05) is 18.2 Å². The van der Waals surface area contributed by atoms with E-state index in [2.05, 4.69) is 10.5 Å². The molecule has 66 valence electrons. The molecular weight excluding hydrogens is 171 g/mol. The molecule has 13 heavy (non-hydrogen) atoms. The predicted octanol–water partition coefficient (Wildman–Crippen LogP) is 1.05. The molecule has 1 N–H and O–H groups in total. The molecule has 0 bridgehead atoms. The zero-order chi connectivity index (χ0) is 9.26. The molecular formula is C9H7FN2O. The van der Waals surface area contributed by atoms with E-state index in [1.807, 2.05) is 0 Å². The second-order valence-corrected chi connectivity index (χ2v) is 2.75. The first kappa shape index (κ1) is 7.91. The van der Waals surface area contributed by atoms with Gasteiger partial charge >= 0.3 is 0 Å². The normalized spacial score (nSPS) is 15.5. The summed E-state index contributed by atoms with van der Waals surface area (Å²) in [6.07, 6.45) is 0.154. The van der Waals surface area contributed by atoms with Gasteiger partial charge in [-0.25, -0.2) is 9.82 Å². The molecule has 1 aromatic rings. The summed E-state index contributed by atoms with van der Waals surface area (Å²) < 4.78 is 13.1. The Balaban J connectivity index is 2.37. The Hall–Kier alpha value is -1.71. The number of halogens is 1. The van der Waals surface area contributed by atoms with Crippen LogP contribution in [0.1, 0.15) is 12.0 Å². The summed E-state index contributed by atoms with van der Waals surface area (Å²) in [6, 6.07) is 6.27. The fourth-order valence-electron chi connectivity index (χ4n) is 1.21. The van der Waals surface area contributed by atoms with Crippen molar-refractivity contribution in [3.05, 3.63) is 35.6 Å². The molecule has 0 atom stereocenters. The van der Waals surface area contributed by atoms with Gasteiger partial charge in [-0.05, 0) is 6.07 Å². The minimum absolute atomic E-state index is 0.154. The van der Waals surface area contributed by atoms with Crippen LogP contribution in [0, 0.1) is 5.82 Å². The monoisotopic (exact) mass is 178 g/mol. The average Bonchev–Trinajstić information content (AvgIpc) is 2.53. The molecule has 1 aliphatic heterocycles. The van der Waals surface area contributed by atoms with E-state index in [0.717, 1.165) is 0 Å². The SMILES string of the molecule is O=C1CC(c2ccccc2F)=NN1. The highest BCUT2D eigenvalue weighted by atomic mass is 19.1. The van der Waals surface area contributed by atoms with Crippen molar-refractivity contribution in [1.82, 2.24) is 5.43 Å². The van der Waals surface area contributed by atoms with Gasteiger partial charge in [-0.3, -0.25) is 4.79 Å². The van der Waals surface area contributed by atoms with Gasteiger partial charge in [0, 0.05) is 5.56 Å². The van der Waals surface area contributed by atoms with E-state index in [0.29, 0.717) is 11.3 Å². The molecule has 0 aromatic heterocycles. The lowest BCUT2D eigenvalue weighted by Crippen LogP contribution is -2.09. The number of carbonyl (C=O) groups is 1. The Morgan fingerprint density at radius 2 is 2.15 bits per heavy atom. The highest BCUT2D eigenvalue weighted by Gasteiger charge is 2.18. The largest absolute Gasteiger partial charge is 0.273 e. The van der Waals surface area contributed by atoms with Gasteiger partial charge in [0.25, 0.3) is 0 Å². The predicted molar refractivity (Wildman–Crippen MR) is 45.7 cm³/mol. The zero-order valence-corrected chi connectivity index (χ0v) is 6.75. The Labute approximate surface area is 74.3 Å². The molecule has 0 unspecified atom stereocenters. The highest BCUT2D eigenvalue weighted by Crippen LogP contribution is 2.12. The topological polar surface area (TPSA) is 41.5 Å². The van der Waals surface area contributed by atoms with E-state index < -0.39 is 0 Å². The van der Waals surface area contributed by atoms with E-state index >= 15 is 0 Å². The Bertz CT molecular complexity index is 387. The quantitative estimate of drug-likeness (QED) is 0.686. The lowest BCUT2D eigenvalue weighted by atomic mass is 10.1. The number of rotatable bonds is 1. The van der Waals surface area contributed by atoms with Crippen LogP contribution >= 0.6 is 0 Å². The van der Waals surface area contributed by atoms with E-state index in [-0.39, 0.29) is 18.1 Å². The van der Waals surface area contributed by atoms with Crippen LogP contribution in [0.2, 0.25) is 0 Å². The van der Waals surface area contributed by atoms with E-state index in [1.54, 1.807) is 18.2 Å². The van der Waals surface area contributed by atoms with Crippen LogP contribution in [0.5, 0.6) is 0 Å². The lowest BCUT2D eigenvalue weighted by molar-refractivity contribution is -0.119. The molecule has 2 rings (SSSR count). The summed E-state index contributed by atoms with van der Waals surface area (Å²) >= 11 is 0. The molecule has 1 aromatic carbocycles. The minimum atomic E-state index is -0.349. The fraction of sp³-hybridized carbons (Fsp3) is 0.111. The first-order valence-electron chi connectivity index (χ1n) is 3.87. The van der Waals surface area contributed by atoms with Crippen molar-refractivity contribution in [1.29, 1.82) is 0 Å². The van der Waals surface area contributed by atoms with Gasteiger partial charge < -0.3 is 0 Å². The van der Waals surface area contributed by atoms with Crippen molar-refractivity contribution in [2.45, 2.75) is 6.42 Å². The van der Waals surface area contributed by atoms with Gasteiger partial charge in [0.15, 0.2) is 0 Å². The average molecular weight is 178 g/mol. The van der Waals surface area contributed by atoms with Crippen LogP contribution < -0.4 is 5.43 Å². The molecule has 0 spiro atoms. The standard InChI is InChI=1S/C9H7FN2O/c10-7-4-2-1-3-6(7)8-5-9(13)12-11-8/h1-4H,5H2,(H,12,13). The van der Waals surface area contributed by atoms with Crippen molar-refractivity contribution >= 4 is 11.6 Å². The molecule has 3 nitrogen and oxygen atoms in total. The second kappa shape index (κ2) is 2.97. The number of carbonyl (C=O) groups excluding carboxylic acids is 1. The summed E-state index contributed by atoms with van der Waals surface area (Å²) in [4.78, 5) is 10.8. The lowest BCUT2D eigenvalue weighted by Gasteiger charge is -1.98. The number of benzene rings is 1. The molecule has 0 saturated heterocycles. The third-order valence-electron chi connectivity index (χ3n) is 1.83. The summed E-state index contributed by atoms with van der Waals surface area (Å²) in [5.74, 6) is -0.545. The summed E-state index contributed by atoms with van der Waals surface area (Å²) in [5, 5.41) is 3.72. The van der Waals surface area contributed by atoms with Gasteiger partial charge in [0.1, 0.15) is 5.82 Å². The van der Waals surface area contributed by atoms with Crippen LogP contribution in [0.25, 0.3) is 0 Å². The summed E-state index contributed by atoms with van der Waals surface area (Å²) in [6.45, 7) is 0. The molecule has 1 heterocycles. The molecule has 1 amide bonds. The third-order valence-corrected chi connectivity index (χ3v) is 1.83. The summed E-state index contributed by atoms with van der Waals surface area (Å²) in [7, 11) is 0. The molecule has 0 radical (unpaired) electrons. The first-order chi connectivity index (χ1) is 6.27. The van der Waals surface area contributed by atoms with Crippen LogP contribution in [0.15, 0.2) is 29.4 Å². The van der Waals surface area contributed by atoms with Crippen molar-refractivity contribution in [3.63, 3.8) is 0 Å². The third kappa shape index (κ3) is 1.42. The van der Waals surface area contributed by atoms with Crippen LogP contribution in [0.3, 0.4) is 0 Å². The Morgan fingerprint density at radius 1 is 1.38 bits per heavy atom. The number of nitrogens with one attached hydrogen (secondary N) is 1. The smallest absolute Gasteiger partial charge is 0.246 e. The highest BCUT2D eigenvalue weighted by molar-refractivity contribution is 6.13. The van der Waals surface area contributed by atoms with E-state index in [9.17, 15) is 9.18 Å². The first-order valence-corrected chi connectivity index (χ1v) is 3.87. The van der Waals surface area contributed by atoms with E-state index in [1.165, 1.54) is 6.07 Å². The molecule has 0 fully saturated rings. The Morgan fingerprint density at radius 3 is 2.77 bits per heavy atom. The van der Waals surface area contributed by atoms with Crippen molar-refractivity contribution in [2.75, 3.05) is 0 Å². The molecule has 0 saturated carbocycles. The molecule has 4 heteroatoms. The number of hydrogen-bond acceptors (Lipinski definition) is 2. The number of hydrogen-bond donors (Lipinski definition) is 1. The van der Waals surface area contributed by atoms with Gasteiger partial charge in [-0.2, -0.15) is 5.10 Å². The number of hydrazone groups is 1. The summed E-state index contributed by atoms with van der Waals surface area (Å²) in [5.41, 5.74) is 3.13. The fourth-order valence-corrected chi connectivity index (χ4v) is 1.21. The maximum absolute atomic E-state index is 13.1. The van der Waals surface area contributed by atoms with Gasteiger partial charge in [-0.15, -0.1) is 0 Å². The molecule has 0 aliphatic carbocycles. The number of nitrogens with zero attached hydrogens (tertiary/aromatic N) is 1. The maximum atomic E-state index is 13.1. The van der Waals surface area contributed by atoms with Gasteiger partial charge in [0.2, 0.25) is 5.91 Å². The van der Waals surface area contributed by atoms with Gasteiger partial charge in [0.05, 0.1) is 12.1 Å². The minimum Gasteiger partial charge on any atom is -0.273 e. The molecule has 1 aliphatic rings. The second-order valence-electron chi connectivity index (χ2n) is 2.75. The van der Waals surface area contributed by atoms with Crippen LogP contribution in [-0.2, 0) is 4.79 Å². The Kier molecular flexibility index (Phi) is 1.81. The van der Waals surface area contributed by atoms with Crippen LogP contribution in [-0.4, -0.2) is 11.6 Å². The van der Waals surface area contributed by atoms with Crippen molar-refractivity contribution < 1.29 is 9.18 Å². The number of amides is 1. The zero-order valence-electron chi connectivity index (χ0n) is 6.75.